The number of nitrogens with zero attached hydrogens (tertiary/aromatic N) is 1. The number of ether oxygens (including phenoxy) is 1. The van der Waals surface area contributed by atoms with Crippen molar-refractivity contribution < 1.29 is 17.9 Å². The molecule has 0 bridgehead atoms. The molecule has 0 aromatic carbocycles. The Labute approximate surface area is 114 Å². The van der Waals surface area contributed by atoms with Crippen molar-refractivity contribution in [1.29, 1.82) is 0 Å². The Morgan fingerprint density at radius 2 is 2.00 bits per heavy atom. The average Bonchev–Trinajstić information content (AvgIpc) is 2.70. The predicted octanol–water partition coefficient (Wildman–Crippen LogP) is 0.386. The maximum absolute atomic E-state index is 11.5. The molecule has 0 aromatic heterocycles. The van der Waals surface area contributed by atoms with Gasteiger partial charge in [-0.2, -0.15) is 0 Å². The highest BCUT2D eigenvalue weighted by Gasteiger charge is 2.29. The summed E-state index contributed by atoms with van der Waals surface area (Å²) >= 11 is 0. The van der Waals surface area contributed by atoms with Gasteiger partial charge in [-0.1, -0.05) is 6.42 Å². The van der Waals surface area contributed by atoms with Crippen LogP contribution >= 0.6 is 0 Å². The van der Waals surface area contributed by atoms with Crippen molar-refractivity contribution >= 4 is 15.9 Å². The molecule has 1 atom stereocenters. The van der Waals surface area contributed by atoms with Crippen LogP contribution in [0.5, 0.6) is 0 Å². The maximum Gasteiger partial charge on any atom is 0.407 e. The monoisotopic (exact) mass is 290 g/mol. The highest BCUT2D eigenvalue weighted by molar-refractivity contribution is 7.91. The number of carbonyl (C=O) groups is 1. The molecule has 0 saturated carbocycles. The van der Waals surface area contributed by atoms with Gasteiger partial charge in [-0.05, 0) is 32.4 Å². The number of alkyl carbamates (subject to hydrolysis) is 1. The third kappa shape index (κ3) is 4.99. The smallest absolute Gasteiger partial charge is 0.407 e. The van der Waals surface area contributed by atoms with E-state index in [1.807, 2.05) is 0 Å². The first kappa shape index (κ1) is 14.6. The highest BCUT2D eigenvalue weighted by atomic mass is 32.2. The number of amides is 1. The summed E-state index contributed by atoms with van der Waals surface area (Å²) in [7, 11) is -2.96. The molecule has 2 fully saturated rings. The highest BCUT2D eigenvalue weighted by Crippen LogP contribution is 2.11. The molecule has 2 heterocycles. The Balaban J connectivity index is 1.59. The number of hydrogen-bond donors (Lipinski definition) is 1. The van der Waals surface area contributed by atoms with Gasteiger partial charge in [0.05, 0.1) is 11.5 Å². The standard InChI is InChI=1S/C12H22N2O4S/c15-12(13-11-4-9-19(16,17)10-11)18-8-7-14-5-2-1-3-6-14/h11H,1-10H2,(H,13,15)/t11-/m1/s1. The van der Waals surface area contributed by atoms with Gasteiger partial charge in [0, 0.05) is 12.6 Å². The van der Waals surface area contributed by atoms with Crippen LogP contribution in [0.15, 0.2) is 0 Å². The molecule has 0 unspecified atom stereocenters. The second-order valence-electron chi connectivity index (χ2n) is 5.28. The minimum absolute atomic E-state index is 0.0359. The van der Waals surface area contributed by atoms with Gasteiger partial charge in [-0.25, -0.2) is 13.2 Å². The number of nitrogens with one attached hydrogen (secondary N) is 1. The predicted molar refractivity (Wildman–Crippen MR) is 71.8 cm³/mol. The van der Waals surface area contributed by atoms with Gasteiger partial charge in [0.2, 0.25) is 0 Å². The number of rotatable bonds is 4. The molecule has 0 spiro atoms. The number of carbonyl (C=O) groups excluding carboxylic acids is 1. The van der Waals surface area contributed by atoms with Crippen molar-refractivity contribution in [3.05, 3.63) is 0 Å². The van der Waals surface area contributed by atoms with Crippen LogP contribution < -0.4 is 5.32 Å². The third-order valence-electron chi connectivity index (χ3n) is 3.64. The second kappa shape index (κ2) is 6.56. The van der Waals surface area contributed by atoms with Crippen molar-refractivity contribution in [3.63, 3.8) is 0 Å². The molecule has 0 aliphatic carbocycles. The number of hydrogen-bond acceptors (Lipinski definition) is 5. The van der Waals surface area contributed by atoms with Gasteiger partial charge >= 0.3 is 6.09 Å². The molecule has 19 heavy (non-hydrogen) atoms. The molecule has 1 amide bonds. The fourth-order valence-electron chi connectivity index (χ4n) is 2.57. The van der Waals surface area contributed by atoms with E-state index >= 15 is 0 Å². The van der Waals surface area contributed by atoms with E-state index in [4.69, 9.17) is 4.74 Å². The molecule has 110 valence electrons. The Hall–Kier alpha value is -0.820. The van der Waals surface area contributed by atoms with Gasteiger partial charge in [0.15, 0.2) is 9.84 Å². The zero-order valence-electron chi connectivity index (χ0n) is 11.1. The largest absolute Gasteiger partial charge is 0.448 e. The van der Waals surface area contributed by atoms with Crippen LogP contribution in [0.1, 0.15) is 25.7 Å². The molecule has 2 saturated heterocycles. The van der Waals surface area contributed by atoms with Crippen molar-refractivity contribution in [1.82, 2.24) is 10.2 Å². The zero-order chi connectivity index (χ0) is 13.7. The summed E-state index contributed by atoms with van der Waals surface area (Å²) in [6.07, 6.45) is 3.70. The van der Waals surface area contributed by atoms with Gasteiger partial charge in [-0.3, -0.25) is 4.90 Å². The lowest BCUT2D eigenvalue weighted by Gasteiger charge is -2.26. The van der Waals surface area contributed by atoms with Crippen LogP contribution in [-0.2, 0) is 14.6 Å². The summed E-state index contributed by atoms with van der Waals surface area (Å²) in [6, 6.07) is -0.285. The van der Waals surface area contributed by atoms with Crippen molar-refractivity contribution in [2.45, 2.75) is 31.7 Å². The molecular weight excluding hydrogens is 268 g/mol. The fourth-order valence-corrected chi connectivity index (χ4v) is 4.24. The number of piperidine rings is 1. The van der Waals surface area contributed by atoms with Crippen molar-refractivity contribution in [2.24, 2.45) is 0 Å². The molecule has 2 rings (SSSR count). The van der Waals surface area contributed by atoms with Crippen LogP contribution in [0.3, 0.4) is 0 Å². The summed E-state index contributed by atoms with van der Waals surface area (Å²) < 4.78 is 27.6. The minimum Gasteiger partial charge on any atom is -0.448 e. The molecule has 7 heteroatoms. The van der Waals surface area contributed by atoms with E-state index in [0.29, 0.717) is 13.0 Å². The van der Waals surface area contributed by atoms with Gasteiger partial charge in [0.1, 0.15) is 6.61 Å². The molecule has 1 N–H and O–H groups in total. The Morgan fingerprint density at radius 3 is 2.63 bits per heavy atom. The van der Waals surface area contributed by atoms with E-state index in [2.05, 4.69) is 10.2 Å². The summed E-state index contributed by atoms with van der Waals surface area (Å²) in [5, 5.41) is 2.61. The summed E-state index contributed by atoms with van der Waals surface area (Å²) in [4.78, 5) is 13.8. The summed E-state index contributed by atoms with van der Waals surface area (Å²) in [5.41, 5.74) is 0. The lowest BCUT2D eigenvalue weighted by Crippen LogP contribution is -2.38. The Kier molecular flexibility index (Phi) is 5.04. The fraction of sp³-hybridized carbons (Fsp3) is 0.917. The Bertz CT molecular complexity index is 404. The SMILES string of the molecule is O=C(N[C@@H]1CCS(=O)(=O)C1)OCCN1CCCCC1. The number of likely N-dealkylation sites (tertiary alicyclic amines) is 1. The van der Waals surface area contributed by atoms with Gasteiger partial charge in [-0.15, -0.1) is 0 Å². The van der Waals surface area contributed by atoms with E-state index in [1.165, 1.54) is 19.3 Å². The van der Waals surface area contributed by atoms with Crippen molar-refractivity contribution in [2.75, 3.05) is 37.7 Å². The van der Waals surface area contributed by atoms with Crippen LogP contribution in [0.25, 0.3) is 0 Å². The maximum atomic E-state index is 11.5. The van der Waals surface area contributed by atoms with Crippen LogP contribution in [0.4, 0.5) is 4.79 Å². The van der Waals surface area contributed by atoms with E-state index in [-0.39, 0.29) is 17.5 Å². The minimum atomic E-state index is -2.96. The zero-order valence-corrected chi connectivity index (χ0v) is 12.0. The summed E-state index contributed by atoms with van der Waals surface area (Å²) in [5.74, 6) is 0.194. The van der Waals surface area contributed by atoms with Crippen LogP contribution in [0, 0.1) is 0 Å². The lowest BCUT2D eigenvalue weighted by molar-refractivity contribution is 0.118. The molecule has 6 nitrogen and oxygen atoms in total. The first-order valence-electron chi connectivity index (χ1n) is 6.91. The third-order valence-corrected chi connectivity index (χ3v) is 5.41. The molecule has 2 aliphatic rings. The molecular formula is C12H22N2O4S. The van der Waals surface area contributed by atoms with Crippen molar-refractivity contribution in [3.8, 4) is 0 Å². The normalized spacial score (nSPS) is 27.1. The second-order valence-corrected chi connectivity index (χ2v) is 7.51. The Morgan fingerprint density at radius 1 is 1.26 bits per heavy atom. The molecule has 2 aliphatic heterocycles. The first-order valence-corrected chi connectivity index (χ1v) is 8.73. The van der Waals surface area contributed by atoms with Crippen LogP contribution in [-0.4, -0.2) is 63.2 Å². The average molecular weight is 290 g/mol. The summed E-state index contributed by atoms with van der Waals surface area (Å²) in [6.45, 7) is 3.28. The first-order chi connectivity index (χ1) is 9.05. The van der Waals surface area contributed by atoms with E-state index in [0.717, 1.165) is 19.6 Å². The van der Waals surface area contributed by atoms with Gasteiger partial charge < -0.3 is 10.1 Å². The van der Waals surface area contributed by atoms with E-state index in [1.54, 1.807) is 0 Å². The van der Waals surface area contributed by atoms with Gasteiger partial charge in [0.25, 0.3) is 0 Å². The molecule has 0 aromatic rings. The topological polar surface area (TPSA) is 75.7 Å². The van der Waals surface area contributed by atoms with E-state index < -0.39 is 15.9 Å². The number of sulfone groups is 1. The van der Waals surface area contributed by atoms with E-state index in [9.17, 15) is 13.2 Å². The lowest BCUT2D eigenvalue weighted by atomic mass is 10.1. The quantitative estimate of drug-likeness (QED) is 0.810. The molecule has 0 radical (unpaired) electrons. The van der Waals surface area contributed by atoms with Crippen LogP contribution in [0.2, 0.25) is 0 Å².